The van der Waals surface area contributed by atoms with Crippen molar-refractivity contribution in [1.82, 2.24) is 30.1 Å². The summed E-state index contributed by atoms with van der Waals surface area (Å²) in [4.78, 5) is 16.7. The minimum absolute atomic E-state index is 0.293. The minimum Gasteiger partial charge on any atom is -0.487 e. The summed E-state index contributed by atoms with van der Waals surface area (Å²) in [5, 5.41) is 9.39. The van der Waals surface area contributed by atoms with Crippen LogP contribution in [-0.2, 0) is 6.61 Å². The monoisotopic (exact) mass is 512 g/mol. The molecular weight excluding hydrogens is 491 g/mol. The fourth-order valence-corrected chi connectivity index (χ4v) is 4.73. The fourth-order valence-electron chi connectivity index (χ4n) is 4.73. The molecule has 0 aliphatic heterocycles. The Labute approximate surface area is 222 Å². The van der Waals surface area contributed by atoms with Gasteiger partial charge in [0.05, 0.1) is 41.0 Å². The van der Waals surface area contributed by atoms with E-state index in [2.05, 4.69) is 30.1 Å². The zero-order chi connectivity index (χ0) is 26.2. The predicted molar refractivity (Wildman–Crippen MR) is 148 cm³/mol. The Hall–Kier alpha value is -5.37. The molecule has 0 amide bonds. The van der Waals surface area contributed by atoms with Gasteiger partial charge < -0.3 is 9.72 Å². The average Bonchev–Trinajstić information content (AvgIpc) is 3.61. The van der Waals surface area contributed by atoms with E-state index in [0.717, 1.165) is 50.0 Å². The van der Waals surface area contributed by atoms with Gasteiger partial charge in [0.15, 0.2) is 0 Å². The van der Waals surface area contributed by atoms with Crippen molar-refractivity contribution in [3.05, 3.63) is 115 Å². The predicted octanol–water partition coefficient (Wildman–Crippen LogP) is 6.95. The number of nitrogens with zero attached hydrogens (tertiary/aromatic N) is 4. The van der Waals surface area contributed by atoms with E-state index in [-0.39, 0.29) is 5.82 Å². The van der Waals surface area contributed by atoms with Crippen LogP contribution < -0.4 is 4.74 Å². The maximum absolute atomic E-state index is 14.6. The summed E-state index contributed by atoms with van der Waals surface area (Å²) in [6.07, 6.45) is 8.63. The quantitative estimate of drug-likeness (QED) is 0.252. The number of rotatable bonds is 6. The smallest absolute Gasteiger partial charge is 0.138 e. The van der Waals surface area contributed by atoms with Crippen LogP contribution in [0.1, 0.15) is 5.56 Å². The summed E-state index contributed by atoms with van der Waals surface area (Å²) < 4.78 is 20.5. The number of halogens is 1. The summed E-state index contributed by atoms with van der Waals surface area (Å²) in [6.45, 7) is 0.453. The highest BCUT2D eigenvalue weighted by Gasteiger charge is 2.16. The SMILES string of the molecule is Fc1ccccc1-c1cncc2[nH]c(-c3n[nH]c4cnc(-c5cncc(OCc6ccccc6)c5)cc34)cc12. The Morgan fingerprint density at radius 2 is 1.59 bits per heavy atom. The number of benzene rings is 2. The number of nitrogens with one attached hydrogen (secondary N) is 2. The molecule has 5 heterocycles. The molecular formula is C31H21FN6O. The number of hydrogen-bond acceptors (Lipinski definition) is 5. The van der Waals surface area contributed by atoms with Crippen LogP contribution in [0, 0.1) is 5.82 Å². The summed E-state index contributed by atoms with van der Waals surface area (Å²) in [5.74, 6) is 0.369. The fraction of sp³-hybridized carbons (Fsp3) is 0.0323. The molecule has 0 radical (unpaired) electrons. The Morgan fingerprint density at radius 1 is 0.744 bits per heavy atom. The zero-order valence-corrected chi connectivity index (χ0v) is 20.6. The van der Waals surface area contributed by atoms with E-state index in [1.807, 2.05) is 54.6 Å². The third-order valence-electron chi connectivity index (χ3n) is 6.67. The molecule has 2 N–H and O–H groups in total. The summed E-state index contributed by atoms with van der Waals surface area (Å²) in [6, 6.07) is 22.6. The second-order valence-corrected chi connectivity index (χ2v) is 9.18. The van der Waals surface area contributed by atoms with Gasteiger partial charge in [0.1, 0.15) is 23.9 Å². The molecule has 7 rings (SSSR count). The van der Waals surface area contributed by atoms with Crippen molar-refractivity contribution in [2.45, 2.75) is 6.61 Å². The summed E-state index contributed by atoms with van der Waals surface area (Å²) >= 11 is 0. The molecule has 7 nitrogen and oxygen atoms in total. The van der Waals surface area contributed by atoms with Crippen molar-refractivity contribution in [3.63, 3.8) is 0 Å². The molecule has 0 fully saturated rings. The highest BCUT2D eigenvalue weighted by atomic mass is 19.1. The van der Waals surface area contributed by atoms with Crippen molar-refractivity contribution in [3.8, 4) is 39.5 Å². The lowest BCUT2D eigenvalue weighted by Gasteiger charge is -2.08. The third-order valence-corrected chi connectivity index (χ3v) is 6.67. The van der Waals surface area contributed by atoms with E-state index < -0.39 is 0 Å². The van der Waals surface area contributed by atoms with Crippen molar-refractivity contribution in [2.24, 2.45) is 0 Å². The molecule has 2 aromatic carbocycles. The second kappa shape index (κ2) is 9.50. The highest BCUT2D eigenvalue weighted by Crippen LogP contribution is 2.35. The molecule has 0 atom stereocenters. The van der Waals surface area contributed by atoms with Gasteiger partial charge in [0, 0.05) is 39.9 Å². The number of hydrogen-bond donors (Lipinski definition) is 2. The largest absolute Gasteiger partial charge is 0.487 e. The number of aromatic amines is 2. The number of ether oxygens (including phenoxy) is 1. The lowest BCUT2D eigenvalue weighted by Crippen LogP contribution is -1.96. The molecule has 5 aromatic heterocycles. The molecule has 0 bridgehead atoms. The van der Waals surface area contributed by atoms with Crippen LogP contribution >= 0.6 is 0 Å². The average molecular weight is 513 g/mol. The standard InChI is InChI=1S/C31H21FN6O/c32-26-9-5-4-8-22(26)25-15-34-16-29-23(25)11-28(36-29)31-24-12-27(35-17-30(24)37-38-31)20-10-21(14-33-13-20)39-18-19-6-2-1-3-7-19/h1-17,36H,18H2,(H,37,38). The highest BCUT2D eigenvalue weighted by molar-refractivity contribution is 6.01. The Balaban J connectivity index is 1.25. The molecule has 188 valence electrons. The van der Waals surface area contributed by atoms with Gasteiger partial charge in [-0.1, -0.05) is 48.5 Å². The van der Waals surface area contributed by atoms with Crippen LogP contribution in [0.5, 0.6) is 5.75 Å². The maximum Gasteiger partial charge on any atom is 0.138 e. The Kier molecular flexibility index (Phi) is 5.55. The van der Waals surface area contributed by atoms with Crippen LogP contribution in [0.3, 0.4) is 0 Å². The second-order valence-electron chi connectivity index (χ2n) is 9.18. The first-order chi connectivity index (χ1) is 19.2. The Morgan fingerprint density at radius 3 is 2.49 bits per heavy atom. The molecule has 0 spiro atoms. The summed E-state index contributed by atoms with van der Waals surface area (Å²) in [7, 11) is 0. The minimum atomic E-state index is -0.293. The Bertz CT molecular complexity index is 1950. The number of pyridine rings is 3. The first kappa shape index (κ1) is 22.8. The maximum atomic E-state index is 14.6. The molecule has 7 aromatic rings. The molecule has 39 heavy (non-hydrogen) atoms. The van der Waals surface area contributed by atoms with Gasteiger partial charge in [-0.15, -0.1) is 0 Å². The first-order valence-corrected chi connectivity index (χ1v) is 12.4. The number of aromatic nitrogens is 6. The van der Waals surface area contributed by atoms with Gasteiger partial charge in [-0.05, 0) is 29.8 Å². The van der Waals surface area contributed by atoms with Crippen LogP contribution in [0.4, 0.5) is 4.39 Å². The van der Waals surface area contributed by atoms with E-state index in [4.69, 9.17) is 4.74 Å². The molecule has 0 aliphatic rings. The van der Waals surface area contributed by atoms with Crippen LogP contribution in [0.25, 0.3) is 55.6 Å². The van der Waals surface area contributed by atoms with Gasteiger partial charge >= 0.3 is 0 Å². The van der Waals surface area contributed by atoms with E-state index in [0.29, 0.717) is 23.5 Å². The van der Waals surface area contributed by atoms with Crippen LogP contribution in [-0.4, -0.2) is 30.1 Å². The molecule has 8 heteroatoms. The lowest BCUT2D eigenvalue weighted by atomic mass is 10.0. The number of fused-ring (bicyclic) bond motifs is 2. The number of H-pyrrole nitrogens is 2. The molecule has 0 saturated heterocycles. The third kappa shape index (κ3) is 4.27. The molecule has 0 aliphatic carbocycles. The van der Waals surface area contributed by atoms with Crippen molar-refractivity contribution in [2.75, 3.05) is 0 Å². The van der Waals surface area contributed by atoms with Gasteiger partial charge in [0.2, 0.25) is 0 Å². The van der Waals surface area contributed by atoms with Crippen LogP contribution in [0.15, 0.2) is 104 Å². The van der Waals surface area contributed by atoms with Gasteiger partial charge in [0.25, 0.3) is 0 Å². The van der Waals surface area contributed by atoms with Crippen molar-refractivity contribution >= 4 is 21.8 Å². The van der Waals surface area contributed by atoms with Gasteiger partial charge in [-0.25, -0.2) is 4.39 Å². The van der Waals surface area contributed by atoms with E-state index in [1.54, 1.807) is 43.1 Å². The summed E-state index contributed by atoms with van der Waals surface area (Å²) in [5.41, 5.74) is 6.98. The molecule has 0 unspecified atom stereocenters. The van der Waals surface area contributed by atoms with Crippen molar-refractivity contribution in [1.29, 1.82) is 0 Å². The first-order valence-electron chi connectivity index (χ1n) is 12.4. The van der Waals surface area contributed by atoms with Crippen LogP contribution in [0.2, 0.25) is 0 Å². The topological polar surface area (TPSA) is 92.4 Å². The van der Waals surface area contributed by atoms with E-state index in [9.17, 15) is 4.39 Å². The normalized spacial score (nSPS) is 11.3. The zero-order valence-electron chi connectivity index (χ0n) is 20.6. The van der Waals surface area contributed by atoms with Crippen molar-refractivity contribution < 1.29 is 9.13 Å². The van der Waals surface area contributed by atoms with Gasteiger partial charge in [-0.3, -0.25) is 20.1 Å². The molecule has 0 saturated carbocycles. The van der Waals surface area contributed by atoms with E-state index in [1.165, 1.54) is 6.07 Å². The van der Waals surface area contributed by atoms with Gasteiger partial charge in [-0.2, -0.15) is 5.10 Å². The lowest BCUT2D eigenvalue weighted by molar-refractivity contribution is 0.305. The van der Waals surface area contributed by atoms with E-state index >= 15 is 0 Å².